The lowest BCUT2D eigenvalue weighted by atomic mass is 10.1. The molecule has 0 saturated carbocycles. The first-order chi connectivity index (χ1) is 10.9. The Morgan fingerprint density at radius 3 is 3.09 bits per heavy atom. The second-order valence-corrected chi connectivity index (χ2v) is 7.12. The number of aryl methyl sites for hydroxylation is 1. The summed E-state index contributed by atoms with van der Waals surface area (Å²) in [5, 5.41) is 12.9. The van der Waals surface area contributed by atoms with Gasteiger partial charge >= 0.3 is 0 Å². The van der Waals surface area contributed by atoms with Gasteiger partial charge in [0.1, 0.15) is 0 Å². The van der Waals surface area contributed by atoms with Crippen LogP contribution in [0.2, 0.25) is 0 Å². The number of nitrogens with zero attached hydrogens (tertiary/aromatic N) is 2. The maximum atomic E-state index is 12.2. The maximum Gasteiger partial charge on any atom is 0.227 e. The minimum absolute atomic E-state index is 0.0616. The highest BCUT2D eigenvalue weighted by Crippen LogP contribution is 2.30. The largest absolute Gasteiger partial charge is 0.392 e. The predicted molar refractivity (Wildman–Crippen MR) is 89.5 cm³/mol. The SMILES string of the molecule is Cc1nc2cc(N3CC(C(=O)NCC(C)O)CC3=O)ccc2s1. The summed E-state index contributed by atoms with van der Waals surface area (Å²) in [6.07, 6.45) is -0.401. The summed E-state index contributed by atoms with van der Waals surface area (Å²) in [5.41, 5.74) is 1.65. The first kappa shape index (κ1) is 15.9. The molecule has 0 bridgehead atoms. The molecule has 122 valence electrons. The van der Waals surface area contributed by atoms with Crippen LogP contribution in [0.15, 0.2) is 18.2 Å². The molecule has 2 amide bonds. The fourth-order valence-electron chi connectivity index (χ4n) is 2.72. The van der Waals surface area contributed by atoms with E-state index >= 15 is 0 Å². The Kier molecular flexibility index (Phi) is 4.32. The fraction of sp³-hybridized carbons (Fsp3) is 0.438. The first-order valence-corrected chi connectivity index (χ1v) is 8.39. The molecule has 2 atom stereocenters. The average Bonchev–Trinajstić information content (AvgIpc) is 3.05. The van der Waals surface area contributed by atoms with Crippen LogP contribution in [0.4, 0.5) is 5.69 Å². The number of nitrogens with one attached hydrogen (secondary N) is 1. The van der Waals surface area contributed by atoms with Crippen molar-refractivity contribution in [3.05, 3.63) is 23.2 Å². The van der Waals surface area contributed by atoms with Crippen molar-refractivity contribution in [2.24, 2.45) is 5.92 Å². The number of benzene rings is 1. The summed E-state index contributed by atoms with van der Waals surface area (Å²) < 4.78 is 1.09. The Balaban J connectivity index is 1.74. The van der Waals surface area contributed by atoms with E-state index in [0.717, 1.165) is 20.9 Å². The molecule has 23 heavy (non-hydrogen) atoms. The number of hydrogen-bond donors (Lipinski definition) is 2. The monoisotopic (exact) mass is 333 g/mol. The number of amides is 2. The Bertz CT molecular complexity index is 756. The first-order valence-electron chi connectivity index (χ1n) is 7.57. The molecule has 0 radical (unpaired) electrons. The van der Waals surface area contributed by atoms with E-state index in [9.17, 15) is 14.7 Å². The van der Waals surface area contributed by atoms with Crippen molar-refractivity contribution >= 4 is 39.1 Å². The minimum Gasteiger partial charge on any atom is -0.392 e. The van der Waals surface area contributed by atoms with Gasteiger partial charge in [-0.2, -0.15) is 0 Å². The van der Waals surface area contributed by atoms with Crippen molar-refractivity contribution in [1.82, 2.24) is 10.3 Å². The van der Waals surface area contributed by atoms with Crippen molar-refractivity contribution in [3.63, 3.8) is 0 Å². The quantitative estimate of drug-likeness (QED) is 0.887. The van der Waals surface area contributed by atoms with Gasteiger partial charge in [-0.1, -0.05) is 0 Å². The van der Waals surface area contributed by atoms with E-state index in [2.05, 4.69) is 10.3 Å². The van der Waals surface area contributed by atoms with Crippen molar-refractivity contribution in [3.8, 4) is 0 Å². The average molecular weight is 333 g/mol. The van der Waals surface area contributed by atoms with Crippen LogP contribution in [0.3, 0.4) is 0 Å². The molecular weight excluding hydrogens is 314 g/mol. The summed E-state index contributed by atoms with van der Waals surface area (Å²) in [6.45, 7) is 4.12. The number of aliphatic hydroxyl groups is 1. The lowest BCUT2D eigenvalue weighted by Crippen LogP contribution is -2.36. The van der Waals surface area contributed by atoms with Gasteiger partial charge in [0.2, 0.25) is 11.8 Å². The van der Waals surface area contributed by atoms with E-state index in [4.69, 9.17) is 0 Å². The molecule has 1 aromatic heterocycles. The van der Waals surface area contributed by atoms with E-state index in [1.54, 1.807) is 23.2 Å². The molecule has 2 unspecified atom stereocenters. The summed E-state index contributed by atoms with van der Waals surface area (Å²) in [7, 11) is 0. The molecular formula is C16H19N3O3S. The highest BCUT2D eigenvalue weighted by atomic mass is 32.1. The third kappa shape index (κ3) is 3.35. The minimum atomic E-state index is -0.595. The molecule has 1 aromatic carbocycles. The van der Waals surface area contributed by atoms with Gasteiger partial charge in [0.05, 0.1) is 27.2 Å². The molecule has 1 aliphatic rings. The van der Waals surface area contributed by atoms with Gasteiger partial charge in [-0.25, -0.2) is 4.98 Å². The standard InChI is InChI=1S/C16H19N3O3S/c1-9(20)7-17-16(22)11-5-15(21)19(8-11)12-3-4-14-13(6-12)18-10(2)23-14/h3-4,6,9,11,20H,5,7-8H2,1-2H3,(H,17,22). The number of aliphatic hydroxyl groups excluding tert-OH is 1. The van der Waals surface area contributed by atoms with Crippen LogP contribution in [-0.4, -0.2) is 41.1 Å². The van der Waals surface area contributed by atoms with Crippen LogP contribution in [0, 0.1) is 12.8 Å². The molecule has 7 heteroatoms. The molecule has 3 rings (SSSR count). The summed E-state index contributed by atoms with van der Waals surface area (Å²) in [6, 6.07) is 5.75. The Morgan fingerprint density at radius 1 is 1.57 bits per heavy atom. The fourth-order valence-corrected chi connectivity index (χ4v) is 3.53. The summed E-state index contributed by atoms with van der Waals surface area (Å²) in [5.74, 6) is -0.630. The maximum absolute atomic E-state index is 12.2. The number of aromatic nitrogens is 1. The van der Waals surface area contributed by atoms with Crippen molar-refractivity contribution < 1.29 is 14.7 Å². The number of carbonyl (C=O) groups is 2. The molecule has 2 aromatic rings. The molecule has 2 heterocycles. The second kappa shape index (κ2) is 6.25. The van der Waals surface area contributed by atoms with Crippen LogP contribution in [0.5, 0.6) is 0 Å². The van der Waals surface area contributed by atoms with E-state index in [1.807, 2.05) is 25.1 Å². The smallest absolute Gasteiger partial charge is 0.227 e. The van der Waals surface area contributed by atoms with E-state index in [1.165, 1.54) is 0 Å². The second-order valence-electron chi connectivity index (χ2n) is 5.88. The normalized spacial score (nSPS) is 19.3. The lowest BCUT2D eigenvalue weighted by molar-refractivity contribution is -0.126. The predicted octanol–water partition coefficient (Wildman–Crippen LogP) is 1.45. The summed E-state index contributed by atoms with van der Waals surface area (Å²) >= 11 is 1.62. The number of rotatable bonds is 4. The number of hydrogen-bond acceptors (Lipinski definition) is 5. The Morgan fingerprint density at radius 2 is 2.35 bits per heavy atom. The van der Waals surface area contributed by atoms with Crippen molar-refractivity contribution in [2.45, 2.75) is 26.4 Å². The van der Waals surface area contributed by atoms with Crippen LogP contribution in [-0.2, 0) is 9.59 Å². The summed E-state index contributed by atoms with van der Waals surface area (Å²) in [4.78, 5) is 30.4. The highest BCUT2D eigenvalue weighted by molar-refractivity contribution is 7.18. The van der Waals surface area contributed by atoms with Crippen LogP contribution < -0.4 is 10.2 Å². The molecule has 2 N–H and O–H groups in total. The lowest BCUT2D eigenvalue weighted by Gasteiger charge is -2.17. The van der Waals surface area contributed by atoms with E-state index in [0.29, 0.717) is 6.54 Å². The zero-order valence-corrected chi connectivity index (χ0v) is 13.9. The zero-order valence-electron chi connectivity index (χ0n) is 13.1. The van der Waals surface area contributed by atoms with Gasteiger partial charge < -0.3 is 15.3 Å². The van der Waals surface area contributed by atoms with Crippen LogP contribution >= 0.6 is 11.3 Å². The number of thiazole rings is 1. The molecule has 6 nitrogen and oxygen atoms in total. The number of anilines is 1. The highest BCUT2D eigenvalue weighted by Gasteiger charge is 2.35. The number of carbonyl (C=O) groups excluding carboxylic acids is 2. The van der Waals surface area contributed by atoms with Gasteiger partial charge in [-0.05, 0) is 32.0 Å². The van der Waals surface area contributed by atoms with Gasteiger partial charge in [0, 0.05) is 25.2 Å². The zero-order chi connectivity index (χ0) is 16.6. The topological polar surface area (TPSA) is 82.5 Å². The third-order valence-corrected chi connectivity index (χ3v) is 4.81. The molecule has 1 saturated heterocycles. The van der Waals surface area contributed by atoms with Crippen LogP contribution in [0.25, 0.3) is 10.2 Å². The molecule has 0 aliphatic carbocycles. The number of fused-ring (bicyclic) bond motifs is 1. The third-order valence-electron chi connectivity index (χ3n) is 3.86. The van der Waals surface area contributed by atoms with Crippen molar-refractivity contribution in [1.29, 1.82) is 0 Å². The van der Waals surface area contributed by atoms with Gasteiger partial charge in [-0.15, -0.1) is 11.3 Å². The van der Waals surface area contributed by atoms with Gasteiger partial charge in [-0.3, -0.25) is 9.59 Å². The van der Waals surface area contributed by atoms with Gasteiger partial charge in [0.25, 0.3) is 0 Å². The van der Waals surface area contributed by atoms with Gasteiger partial charge in [0.15, 0.2) is 0 Å². The Hall–Kier alpha value is -1.99. The molecule has 0 spiro atoms. The van der Waals surface area contributed by atoms with E-state index in [-0.39, 0.29) is 30.7 Å². The van der Waals surface area contributed by atoms with E-state index < -0.39 is 6.10 Å². The van der Waals surface area contributed by atoms with Crippen molar-refractivity contribution in [2.75, 3.05) is 18.0 Å². The molecule has 1 fully saturated rings. The van der Waals surface area contributed by atoms with Crippen LogP contribution in [0.1, 0.15) is 18.4 Å². The molecule has 1 aliphatic heterocycles. The Labute approximate surface area is 138 Å².